The van der Waals surface area contributed by atoms with Crippen molar-refractivity contribution in [3.05, 3.63) is 52.9 Å². The molecule has 0 saturated heterocycles. The second-order valence-electron chi connectivity index (χ2n) is 6.52. The Kier molecular flexibility index (Phi) is 5.86. The van der Waals surface area contributed by atoms with Crippen molar-refractivity contribution in [3.8, 4) is 11.1 Å². The highest BCUT2D eigenvalue weighted by atomic mass is 79.9. The molecule has 8 nitrogen and oxygen atoms in total. The van der Waals surface area contributed by atoms with Gasteiger partial charge in [0.05, 0.1) is 27.6 Å². The third-order valence-corrected chi connectivity index (χ3v) is 6.06. The van der Waals surface area contributed by atoms with E-state index < -0.39 is 11.1 Å². The molecule has 0 fully saturated rings. The molecule has 10 heteroatoms. The lowest BCUT2D eigenvalue weighted by Crippen LogP contribution is -2.19. The number of nitrogens with zero attached hydrogens (tertiary/aromatic N) is 4. The van der Waals surface area contributed by atoms with Crippen LogP contribution >= 0.6 is 15.9 Å². The van der Waals surface area contributed by atoms with E-state index in [4.69, 9.17) is 15.3 Å². The number of anilines is 1. The highest BCUT2D eigenvalue weighted by Gasteiger charge is 2.16. The molecule has 150 valence electrons. The average molecular weight is 475 g/mol. The van der Waals surface area contributed by atoms with E-state index in [-0.39, 0.29) is 5.75 Å². The van der Waals surface area contributed by atoms with E-state index >= 15 is 0 Å². The topological polar surface area (TPSA) is 118 Å². The van der Waals surface area contributed by atoms with Crippen molar-refractivity contribution in [2.45, 2.75) is 13.0 Å². The highest BCUT2D eigenvalue weighted by molar-refractivity contribution is 9.10. The van der Waals surface area contributed by atoms with Crippen LogP contribution in [0.2, 0.25) is 0 Å². The van der Waals surface area contributed by atoms with Crippen molar-refractivity contribution >= 4 is 49.4 Å². The molecular weight excluding hydrogens is 456 g/mol. The van der Waals surface area contributed by atoms with Crippen LogP contribution in [0.1, 0.15) is 12.1 Å². The zero-order valence-electron chi connectivity index (χ0n) is 15.4. The molecule has 0 spiro atoms. The molecule has 1 aromatic carbocycles. The summed E-state index contributed by atoms with van der Waals surface area (Å²) in [5.41, 5.74) is 10.4. The monoisotopic (exact) mass is 474 g/mol. The van der Waals surface area contributed by atoms with Crippen molar-refractivity contribution in [2.75, 3.05) is 18.0 Å². The van der Waals surface area contributed by atoms with Crippen molar-refractivity contribution in [2.24, 2.45) is 0 Å². The Balaban J connectivity index is 1.67. The van der Waals surface area contributed by atoms with Crippen LogP contribution in [0.5, 0.6) is 0 Å². The van der Waals surface area contributed by atoms with Gasteiger partial charge >= 0.3 is 0 Å². The SMILES string of the molecule is Nc1c(Br)c(CNCCCS(=O)O)nc2c(-c3cnc4ccccc4c3)cnn12. The van der Waals surface area contributed by atoms with Crippen molar-refractivity contribution < 1.29 is 8.76 Å². The van der Waals surface area contributed by atoms with Crippen LogP contribution in [0.15, 0.2) is 47.2 Å². The van der Waals surface area contributed by atoms with Gasteiger partial charge in [-0.3, -0.25) is 4.98 Å². The fourth-order valence-corrected chi connectivity index (χ4v) is 3.90. The molecular formula is C19H19BrN6O2S. The van der Waals surface area contributed by atoms with Crippen LogP contribution < -0.4 is 11.1 Å². The van der Waals surface area contributed by atoms with Gasteiger partial charge in [-0.2, -0.15) is 9.61 Å². The molecule has 0 saturated carbocycles. The van der Waals surface area contributed by atoms with Gasteiger partial charge in [-0.05, 0) is 41.0 Å². The molecule has 1 unspecified atom stereocenters. The maximum absolute atomic E-state index is 10.7. The highest BCUT2D eigenvalue weighted by Crippen LogP contribution is 2.30. The zero-order chi connectivity index (χ0) is 20.4. The molecule has 4 N–H and O–H groups in total. The number of aromatic nitrogens is 4. The Bertz CT molecular complexity index is 1210. The molecule has 0 radical (unpaired) electrons. The number of nitrogens with two attached hydrogens (primary N) is 1. The Morgan fingerprint density at radius 2 is 2.10 bits per heavy atom. The lowest BCUT2D eigenvalue weighted by molar-refractivity contribution is 0.558. The van der Waals surface area contributed by atoms with Gasteiger partial charge in [-0.15, -0.1) is 0 Å². The van der Waals surface area contributed by atoms with Gasteiger partial charge in [0.25, 0.3) is 0 Å². The van der Waals surface area contributed by atoms with Crippen LogP contribution in [0.25, 0.3) is 27.7 Å². The normalized spacial score (nSPS) is 12.6. The number of benzene rings is 1. The number of nitrogen functional groups attached to an aromatic ring is 1. The Morgan fingerprint density at radius 3 is 2.93 bits per heavy atom. The van der Waals surface area contributed by atoms with Gasteiger partial charge in [-0.25, -0.2) is 9.19 Å². The van der Waals surface area contributed by atoms with E-state index in [0.717, 1.165) is 27.7 Å². The Hall–Kier alpha value is -2.40. The maximum atomic E-state index is 10.7. The molecule has 4 aromatic rings. The number of nitrogens with one attached hydrogen (secondary N) is 1. The van der Waals surface area contributed by atoms with Crippen LogP contribution in [0, 0.1) is 0 Å². The number of pyridine rings is 1. The fourth-order valence-electron chi connectivity index (χ4n) is 3.11. The van der Waals surface area contributed by atoms with E-state index in [9.17, 15) is 4.21 Å². The molecule has 0 aliphatic heterocycles. The maximum Gasteiger partial charge on any atom is 0.165 e. The Labute approximate surface area is 178 Å². The third-order valence-electron chi connectivity index (χ3n) is 4.56. The minimum atomic E-state index is -1.77. The van der Waals surface area contributed by atoms with E-state index in [1.165, 1.54) is 0 Å². The fraction of sp³-hybridized carbons (Fsp3) is 0.211. The zero-order valence-corrected chi connectivity index (χ0v) is 17.8. The lowest BCUT2D eigenvalue weighted by atomic mass is 10.1. The second-order valence-corrected chi connectivity index (χ2v) is 8.37. The summed E-state index contributed by atoms with van der Waals surface area (Å²) in [6.07, 6.45) is 4.15. The minimum Gasteiger partial charge on any atom is -0.383 e. The Morgan fingerprint density at radius 1 is 1.28 bits per heavy atom. The molecule has 1 atom stereocenters. The van der Waals surface area contributed by atoms with Crippen molar-refractivity contribution in [1.29, 1.82) is 0 Å². The molecule has 0 amide bonds. The third kappa shape index (κ3) is 4.15. The quantitative estimate of drug-likeness (QED) is 0.278. The summed E-state index contributed by atoms with van der Waals surface area (Å²) in [6.45, 7) is 1.08. The summed E-state index contributed by atoms with van der Waals surface area (Å²) in [5, 5.41) is 8.66. The first-order valence-corrected chi connectivity index (χ1v) is 11.1. The van der Waals surface area contributed by atoms with Gasteiger partial charge in [0.1, 0.15) is 5.82 Å². The second kappa shape index (κ2) is 8.54. The number of halogens is 1. The summed E-state index contributed by atoms with van der Waals surface area (Å²) in [4.78, 5) is 9.29. The lowest BCUT2D eigenvalue weighted by Gasteiger charge is -2.10. The molecule has 3 heterocycles. The molecule has 3 aromatic heterocycles. The number of hydrogen-bond acceptors (Lipinski definition) is 6. The summed E-state index contributed by atoms with van der Waals surface area (Å²) in [7, 11) is 0. The molecule has 0 bridgehead atoms. The molecule has 0 aliphatic rings. The minimum absolute atomic E-state index is 0.241. The largest absolute Gasteiger partial charge is 0.383 e. The van der Waals surface area contributed by atoms with E-state index in [0.29, 0.717) is 35.4 Å². The standard InChI is InChI=1S/C19H19BrN6O2S/c20-17-16(11-22-6-3-7-29(27)28)25-19-14(10-24-26(19)18(17)21)13-8-12-4-1-2-5-15(12)23-9-13/h1-2,4-5,8-10,22H,3,6-7,11,21H2,(H,27,28). The van der Waals surface area contributed by atoms with Crippen molar-refractivity contribution in [1.82, 2.24) is 24.9 Å². The summed E-state index contributed by atoms with van der Waals surface area (Å²) in [5.74, 6) is 0.702. The average Bonchev–Trinajstić information content (AvgIpc) is 3.14. The van der Waals surface area contributed by atoms with Gasteiger partial charge in [0, 0.05) is 29.3 Å². The molecule has 0 aliphatic carbocycles. The smallest absolute Gasteiger partial charge is 0.165 e. The summed E-state index contributed by atoms with van der Waals surface area (Å²) in [6, 6.07) is 9.99. The van der Waals surface area contributed by atoms with Crippen LogP contribution in [0.4, 0.5) is 5.82 Å². The van der Waals surface area contributed by atoms with E-state index in [1.807, 2.05) is 30.5 Å². The molecule has 29 heavy (non-hydrogen) atoms. The summed E-state index contributed by atoms with van der Waals surface area (Å²) < 4.78 is 21.9. The first kappa shape index (κ1) is 19.9. The number of rotatable bonds is 7. The van der Waals surface area contributed by atoms with E-state index in [1.54, 1.807) is 10.7 Å². The van der Waals surface area contributed by atoms with Crippen LogP contribution in [0.3, 0.4) is 0 Å². The number of para-hydroxylation sites is 1. The van der Waals surface area contributed by atoms with Gasteiger partial charge < -0.3 is 15.6 Å². The number of fused-ring (bicyclic) bond motifs is 2. The van der Waals surface area contributed by atoms with Gasteiger partial charge in [0.2, 0.25) is 0 Å². The predicted molar refractivity (Wildman–Crippen MR) is 118 cm³/mol. The van der Waals surface area contributed by atoms with Gasteiger partial charge in [0.15, 0.2) is 16.7 Å². The van der Waals surface area contributed by atoms with Gasteiger partial charge in [-0.1, -0.05) is 18.2 Å². The summed E-state index contributed by atoms with van der Waals surface area (Å²) >= 11 is 1.73. The van der Waals surface area contributed by atoms with Crippen molar-refractivity contribution in [3.63, 3.8) is 0 Å². The van der Waals surface area contributed by atoms with E-state index in [2.05, 4.69) is 37.4 Å². The molecule has 4 rings (SSSR count). The van der Waals surface area contributed by atoms with Crippen LogP contribution in [-0.2, 0) is 17.6 Å². The first-order chi connectivity index (χ1) is 14.0. The van der Waals surface area contributed by atoms with Crippen LogP contribution in [-0.4, -0.2) is 40.6 Å². The number of hydrogen-bond donors (Lipinski definition) is 3. The predicted octanol–water partition coefficient (Wildman–Crippen LogP) is 2.99. The first-order valence-electron chi connectivity index (χ1n) is 8.99.